The maximum absolute atomic E-state index is 12.9. The van der Waals surface area contributed by atoms with Crippen LogP contribution in [-0.2, 0) is 28.6 Å². The topological polar surface area (TPSA) is 78.9 Å². The van der Waals surface area contributed by atoms with Crippen molar-refractivity contribution in [3.8, 4) is 0 Å². The summed E-state index contributed by atoms with van der Waals surface area (Å²) in [6, 6.07) is 0. The number of unbranched alkanes of at least 4 members (excludes halogenated alkanes) is 33. The van der Waals surface area contributed by atoms with Gasteiger partial charge >= 0.3 is 17.9 Å². The van der Waals surface area contributed by atoms with Crippen LogP contribution in [0.3, 0.4) is 0 Å². The van der Waals surface area contributed by atoms with Gasteiger partial charge in [-0.2, -0.15) is 0 Å². The van der Waals surface area contributed by atoms with E-state index in [0.717, 1.165) is 122 Å². The van der Waals surface area contributed by atoms with Crippen LogP contribution in [0, 0.1) is 0 Å². The summed E-state index contributed by atoms with van der Waals surface area (Å²) in [6.45, 7) is 6.54. The Hall–Kier alpha value is -3.93. The average Bonchev–Trinajstić information content (AvgIpc) is 3.46. The predicted molar refractivity (Wildman–Crippen MR) is 353 cm³/mol. The third-order valence-electron chi connectivity index (χ3n) is 14.8. The second kappa shape index (κ2) is 68.6. The summed E-state index contributed by atoms with van der Waals surface area (Å²) in [5.41, 5.74) is 0. The largest absolute Gasteiger partial charge is 0.462 e. The molecule has 0 rings (SSSR count). The zero-order valence-corrected chi connectivity index (χ0v) is 53.3. The van der Waals surface area contributed by atoms with E-state index in [-0.39, 0.29) is 31.1 Å². The fourth-order valence-corrected chi connectivity index (χ4v) is 9.63. The van der Waals surface area contributed by atoms with Crippen molar-refractivity contribution >= 4 is 17.9 Å². The standard InChI is InChI=1S/C75H128O6/c1-4-7-10-13-16-19-22-25-27-29-31-32-33-34-35-36-37-38-39-40-41-42-44-45-47-50-53-56-59-62-65-68-74(77)80-71-72(70-79-73(76)67-64-61-58-55-52-49-24-21-18-15-12-9-6-3)81-75(78)69-66-63-60-57-54-51-48-46-43-30-28-26-23-20-17-14-11-8-5-2/h7,10,16,19,25-28,31-32,34-35,37-38,40-41,44-45,72H,4-6,8-9,11-15,17-18,20-24,29-30,33,36,39,42-43,46-71H2,1-3H3/b10-7-,19-16-,27-25-,28-26-,32-31-,35-34-,38-37-,41-40-,45-44-. The number of allylic oxidation sites excluding steroid dienone is 18. The molecule has 0 aliphatic rings. The van der Waals surface area contributed by atoms with Gasteiger partial charge < -0.3 is 14.2 Å². The van der Waals surface area contributed by atoms with Crippen LogP contribution in [0.5, 0.6) is 0 Å². The highest BCUT2D eigenvalue weighted by Gasteiger charge is 2.19. The number of carbonyl (C=O) groups is 3. The summed E-state index contributed by atoms with van der Waals surface area (Å²) >= 11 is 0. The summed E-state index contributed by atoms with van der Waals surface area (Å²) in [6.07, 6.45) is 93.9. The second-order valence-electron chi connectivity index (χ2n) is 22.7. The fourth-order valence-electron chi connectivity index (χ4n) is 9.63. The molecule has 0 amide bonds. The van der Waals surface area contributed by atoms with Gasteiger partial charge in [0.25, 0.3) is 0 Å². The summed E-state index contributed by atoms with van der Waals surface area (Å²) < 4.78 is 17.0. The Labute approximate surface area is 501 Å². The van der Waals surface area contributed by atoms with Crippen molar-refractivity contribution in [1.82, 2.24) is 0 Å². The van der Waals surface area contributed by atoms with E-state index in [4.69, 9.17) is 14.2 Å². The van der Waals surface area contributed by atoms with Gasteiger partial charge in [-0.3, -0.25) is 14.4 Å². The summed E-state index contributed by atoms with van der Waals surface area (Å²) in [7, 11) is 0. The molecule has 0 saturated carbocycles. The van der Waals surface area contributed by atoms with E-state index >= 15 is 0 Å². The Morgan fingerprint density at radius 1 is 0.259 bits per heavy atom. The van der Waals surface area contributed by atoms with Gasteiger partial charge in [-0.15, -0.1) is 0 Å². The summed E-state index contributed by atoms with van der Waals surface area (Å²) in [5, 5.41) is 0. The molecule has 6 heteroatoms. The van der Waals surface area contributed by atoms with Gasteiger partial charge in [0, 0.05) is 19.3 Å². The molecule has 6 nitrogen and oxygen atoms in total. The summed E-state index contributed by atoms with van der Waals surface area (Å²) in [4.78, 5) is 38.4. The van der Waals surface area contributed by atoms with Crippen LogP contribution >= 0.6 is 0 Å². The molecule has 0 aromatic carbocycles. The Morgan fingerprint density at radius 3 is 0.765 bits per heavy atom. The molecule has 1 unspecified atom stereocenters. The molecule has 464 valence electrons. The molecule has 0 saturated heterocycles. The van der Waals surface area contributed by atoms with Crippen molar-refractivity contribution in [3.63, 3.8) is 0 Å². The minimum Gasteiger partial charge on any atom is -0.462 e. The van der Waals surface area contributed by atoms with E-state index in [1.165, 1.54) is 167 Å². The summed E-state index contributed by atoms with van der Waals surface area (Å²) in [5.74, 6) is -0.885. The van der Waals surface area contributed by atoms with Crippen molar-refractivity contribution < 1.29 is 28.6 Å². The van der Waals surface area contributed by atoms with E-state index in [9.17, 15) is 14.4 Å². The van der Waals surface area contributed by atoms with Gasteiger partial charge in [-0.05, 0) is 109 Å². The van der Waals surface area contributed by atoms with Crippen molar-refractivity contribution in [2.24, 2.45) is 0 Å². The normalized spacial score (nSPS) is 12.8. The molecule has 0 aromatic heterocycles. The van der Waals surface area contributed by atoms with Crippen LogP contribution in [0.4, 0.5) is 0 Å². The number of ether oxygens (including phenoxy) is 3. The van der Waals surface area contributed by atoms with Gasteiger partial charge in [0.2, 0.25) is 0 Å². The molecule has 0 spiro atoms. The first-order chi connectivity index (χ1) is 40.0. The monoisotopic (exact) mass is 1120 g/mol. The van der Waals surface area contributed by atoms with Crippen molar-refractivity contribution in [3.05, 3.63) is 109 Å². The van der Waals surface area contributed by atoms with E-state index in [1.807, 2.05) is 0 Å². The molecular formula is C75H128O6. The molecule has 81 heavy (non-hydrogen) atoms. The quantitative estimate of drug-likeness (QED) is 0.0261. The Morgan fingerprint density at radius 2 is 0.481 bits per heavy atom. The first-order valence-electron chi connectivity index (χ1n) is 34.4. The van der Waals surface area contributed by atoms with Crippen LogP contribution in [-0.4, -0.2) is 37.2 Å². The predicted octanol–water partition coefficient (Wildman–Crippen LogP) is 23.8. The molecule has 0 fully saturated rings. The highest BCUT2D eigenvalue weighted by molar-refractivity contribution is 5.71. The lowest BCUT2D eigenvalue weighted by Crippen LogP contribution is -2.30. The van der Waals surface area contributed by atoms with Gasteiger partial charge in [0.05, 0.1) is 0 Å². The average molecular weight is 1130 g/mol. The van der Waals surface area contributed by atoms with E-state index in [0.29, 0.717) is 19.3 Å². The van der Waals surface area contributed by atoms with Crippen molar-refractivity contribution in [2.45, 2.75) is 335 Å². The van der Waals surface area contributed by atoms with Crippen molar-refractivity contribution in [2.75, 3.05) is 13.2 Å². The molecule has 0 aromatic rings. The molecular weight excluding hydrogens is 997 g/mol. The molecule has 0 heterocycles. The highest BCUT2D eigenvalue weighted by atomic mass is 16.6. The Kier molecular flexibility index (Phi) is 65.2. The zero-order chi connectivity index (χ0) is 58.5. The van der Waals surface area contributed by atoms with E-state index in [2.05, 4.69) is 130 Å². The van der Waals surface area contributed by atoms with Crippen LogP contribution in [0.2, 0.25) is 0 Å². The number of carbonyl (C=O) groups excluding carboxylic acids is 3. The zero-order valence-electron chi connectivity index (χ0n) is 53.3. The molecule has 0 N–H and O–H groups in total. The molecule has 1 atom stereocenters. The maximum Gasteiger partial charge on any atom is 0.306 e. The lowest BCUT2D eigenvalue weighted by atomic mass is 10.0. The van der Waals surface area contributed by atoms with Gasteiger partial charge in [0.15, 0.2) is 6.10 Å². The van der Waals surface area contributed by atoms with Gasteiger partial charge in [-0.25, -0.2) is 0 Å². The van der Waals surface area contributed by atoms with Crippen LogP contribution in [0.1, 0.15) is 329 Å². The van der Waals surface area contributed by atoms with E-state index < -0.39 is 6.10 Å². The minimum absolute atomic E-state index is 0.0806. The number of rotatable bonds is 62. The first-order valence-corrected chi connectivity index (χ1v) is 34.4. The van der Waals surface area contributed by atoms with Crippen LogP contribution in [0.25, 0.3) is 0 Å². The SMILES string of the molecule is CC/C=C\C/C=C\C/C=C\C/C=C\C/C=C\C/C=C\C/C=C\C/C=C\CCCCCCCCC(=O)OCC(COC(=O)CCCCCCCCCCCCCCC)OC(=O)CCCCCCCCCCC/C=C\CCCCCCCC. The molecule has 0 radical (unpaired) electrons. The van der Waals surface area contributed by atoms with Gasteiger partial charge in [-0.1, -0.05) is 310 Å². The van der Waals surface area contributed by atoms with Crippen LogP contribution in [0.15, 0.2) is 109 Å². The maximum atomic E-state index is 12.9. The molecule has 0 aliphatic heterocycles. The number of hydrogen-bond acceptors (Lipinski definition) is 6. The lowest BCUT2D eigenvalue weighted by Gasteiger charge is -2.18. The van der Waals surface area contributed by atoms with Crippen molar-refractivity contribution in [1.29, 1.82) is 0 Å². The van der Waals surface area contributed by atoms with Gasteiger partial charge in [0.1, 0.15) is 13.2 Å². The lowest BCUT2D eigenvalue weighted by molar-refractivity contribution is -0.167. The van der Waals surface area contributed by atoms with E-state index in [1.54, 1.807) is 0 Å². The Bertz CT molecular complexity index is 1620. The molecule has 0 aliphatic carbocycles. The third kappa shape index (κ3) is 66.8. The highest BCUT2D eigenvalue weighted by Crippen LogP contribution is 2.16. The third-order valence-corrected chi connectivity index (χ3v) is 14.8. The second-order valence-corrected chi connectivity index (χ2v) is 22.7. The van der Waals surface area contributed by atoms with Crippen LogP contribution < -0.4 is 0 Å². The number of hydrogen-bond donors (Lipinski definition) is 0. The molecule has 0 bridgehead atoms. The minimum atomic E-state index is -0.786. The first kappa shape index (κ1) is 77.1. The Balaban J connectivity index is 4.32. The number of esters is 3. The fraction of sp³-hybridized carbons (Fsp3) is 0.720. The smallest absolute Gasteiger partial charge is 0.306 e.